The van der Waals surface area contributed by atoms with Crippen LogP contribution in [0.5, 0.6) is 0 Å². The summed E-state index contributed by atoms with van der Waals surface area (Å²) < 4.78 is 37.4. The molecule has 146 valence electrons. The Labute approximate surface area is 159 Å². The van der Waals surface area contributed by atoms with Gasteiger partial charge in [0, 0.05) is 20.8 Å². The molecule has 0 aliphatic carbocycles. The van der Waals surface area contributed by atoms with Crippen molar-refractivity contribution < 1.29 is 27.8 Å². The number of sulfonamides is 1. The molecule has 2 aromatic carbocycles. The van der Waals surface area contributed by atoms with E-state index in [1.807, 2.05) is 19.1 Å². The van der Waals surface area contributed by atoms with Crippen LogP contribution in [-0.2, 0) is 19.5 Å². The SMILES string of the molecule is COCCNS(=O)(=O)c1cc(C(=O)O)cc(-c2ccc([C@@H](C)OC)cc2)c1. The van der Waals surface area contributed by atoms with Gasteiger partial charge in [0.25, 0.3) is 0 Å². The van der Waals surface area contributed by atoms with Gasteiger partial charge in [0.05, 0.1) is 23.2 Å². The van der Waals surface area contributed by atoms with Crippen molar-refractivity contribution in [3.8, 4) is 11.1 Å². The van der Waals surface area contributed by atoms with Crippen LogP contribution in [0.3, 0.4) is 0 Å². The molecule has 2 rings (SSSR count). The molecule has 0 aliphatic rings. The second-order valence-electron chi connectivity index (χ2n) is 5.94. The summed E-state index contributed by atoms with van der Waals surface area (Å²) in [6, 6.07) is 11.4. The second kappa shape index (κ2) is 9.09. The summed E-state index contributed by atoms with van der Waals surface area (Å²) in [7, 11) is -0.780. The van der Waals surface area contributed by atoms with Gasteiger partial charge >= 0.3 is 5.97 Å². The predicted molar refractivity (Wildman–Crippen MR) is 101 cm³/mol. The highest BCUT2D eigenvalue weighted by molar-refractivity contribution is 7.89. The number of methoxy groups -OCH3 is 2. The fraction of sp³-hybridized carbons (Fsp3) is 0.316. The van der Waals surface area contributed by atoms with Gasteiger partial charge in [-0.05, 0) is 41.8 Å². The number of carbonyl (C=O) groups is 1. The molecule has 2 N–H and O–H groups in total. The number of aromatic carboxylic acids is 1. The first-order valence-electron chi connectivity index (χ1n) is 8.28. The Bertz CT molecular complexity index is 893. The van der Waals surface area contributed by atoms with Crippen LogP contribution in [-0.4, -0.2) is 46.9 Å². The van der Waals surface area contributed by atoms with E-state index in [9.17, 15) is 18.3 Å². The smallest absolute Gasteiger partial charge is 0.335 e. The Balaban J connectivity index is 2.45. The molecule has 7 nitrogen and oxygen atoms in total. The third kappa shape index (κ3) is 5.36. The van der Waals surface area contributed by atoms with E-state index in [4.69, 9.17) is 9.47 Å². The molecule has 2 aromatic rings. The van der Waals surface area contributed by atoms with Gasteiger partial charge in [-0.3, -0.25) is 0 Å². The molecule has 0 amide bonds. The third-order valence-electron chi connectivity index (χ3n) is 4.13. The number of nitrogens with one attached hydrogen (secondary N) is 1. The van der Waals surface area contributed by atoms with Crippen molar-refractivity contribution in [3.63, 3.8) is 0 Å². The van der Waals surface area contributed by atoms with Crippen LogP contribution < -0.4 is 4.72 Å². The Morgan fingerprint density at radius 3 is 2.33 bits per heavy atom. The number of hydrogen-bond acceptors (Lipinski definition) is 5. The van der Waals surface area contributed by atoms with Gasteiger partial charge in [0.1, 0.15) is 0 Å². The summed E-state index contributed by atoms with van der Waals surface area (Å²) in [5, 5.41) is 9.36. The van der Waals surface area contributed by atoms with E-state index in [1.165, 1.54) is 19.2 Å². The van der Waals surface area contributed by atoms with Gasteiger partial charge in [-0.2, -0.15) is 0 Å². The monoisotopic (exact) mass is 393 g/mol. The lowest BCUT2D eigenvalue weighted by Gasteiger charge is -2.12. The van der Waals surface area contributed by atoms with Gasteiger partial charge < -0.3 is 14.6 Å². The average Bonchev–Trinajstić information content (AvgIpc) is 2.67. The molecule has 0 bridgehead atoms. The van der Waals surface area contributed by atoms with Gasteiger partial charge in [0.15, 0.2) is 0 Å². The van der Waals surface area contributed by atoms with Crippen molar-refractivity contribution in [2.24, 2.45) is 0 Å². The molecule has 0 spiro atoms. The first-order chi connectivity index (χ1) is 12.8. The molecule has 1 atom stereocenters. The number of rotatable bonds is 9. The molecule has 27 heavy (non-hydrogen) atoms. The second-order valence-corrected chi connectivity index (χ2v) is 7.71. The zero-order chi connectivity index (χ0) is 20.0. The largest absolute Gasteiger partial charge is 0.478 e. The van der Waals surface area contributed by atoms with Crippen molar-refractivity contribution in [2.75, 3.05) is 27.4 Å². The number of hydrogen-bond donors (Lipinski definition) is 2. The molecule has 0 fully saturated rings. The van der Waals surface area contributed by atoms with E-state index >= 15 is 0 Å². The highest BCUT2D eigenvalue weighted by atomic mass is 32.2. The van der Waals surface area contributed by atoms with Crippen molar-refractivity contribution in [1.82, 2.24) is 4.72 Å². The molecule has 0 radical (unpaired) electrons. The molecule has 0 unspecified atom stereocenters. The molecular weight excluding hydrogens is 370 g/mol. The van der Waals surface area contributed by atoms with E-state index in [0.29, 0.717) is 11.1 Å². The molecule has 0 heterocycles. The average molecular weight is 393 g/mol. The summed E-state index contributed by atoms with van der Waals surface area (Å²) in [5.74, 6) is -1.20. The van der Waals surface area contributed by atoms with E-state index in [0.717, 1.165) is 11.6 Å². The first kappa shape index (κ1) is 21.0. The highest BCUT2D eigenvalue weighted by Gasteiger charge is 2.18. The van der Waals surface area contributed by atoms with E-state index < -0.39 is 16.0 Å². The molecule has 0 aromatic heterocycles. The molecule has 0 aliphatic heterocycles. The minimum atomic E-state index is -3.86. The van der Waals surface area contributed by atoms with Gasteiger partial charge in [-0.1, -0.05) is 24.3 Å². The van der Waals surface area contributed by atoms with Crippen molar-refractivity contribution >= 4 is 16.0 Å². The van der Waals surface area contributed by atoms with Crippen LogP contribution >= 0.6 is 0 Å². The summed E-state index contributed by atoms with van der Waals surface area (Å²) in [5.41, 5.74) is 2.07. The maximum Gasteiger partial charge on any atom is 0.335 e. The third-order valence-corrected chi connectivity index (χ3v) is 5.57. The Morgan fingerprint density at radius 1 is 1.11 bits per heavy atom. The lowest BCUT2D eigenvalue weighted by atomic mass is 10.0. The molecule has 0 saturated carbocycles. The summed E-state index contributed by atoms with van der Waals surface area (Å²) in [6.45, 7) is 2.22. The fourth-order valence-electron chi connectivity index (χ4n) is 2.49. The fourth-order valence-corrected chi connectivity index (χ4v) is 3.57. The van der Waals surface area contributed by atoms with E-state index in [1.54, 1.807) is 19.2 Å². The maximum absolute atomic E-state index is 12.5. The van der Waals surface area contributed by atoms with Gasteiger partial charge in [0.2, 0.25) is 10.0 Å². The number of carboxylic acid groups (broad SMARTS) is 1. The normalized spacial score (nSPS) is 12.7. The summed E-state index contributed by atoms with van der Waals surface area (Å²) in [4.78, 5) is 11.3. The summed E-state index contributed by atoms with van der Waals surface area (Å²) >= 11 is 0. The van der Waals surface area contributed by atoms with Gasteiger partial charge in [-0.15, -0.1) is 0 Å². The van der Waals surface area contributed by atoms with Crippen LogP contribution in [0.25, 0.3) is 11.1 Å². The van der Waals surface area contributed by atoms with Crippen molar-refractivity contribution in [3.05, 3.63) is 53.6 Å². The lowest BCUT2D eigenvalue weighted by Crippen LogP contribution is -2.27. The van der Waals surface area contributed by atoms with Crippen molar-refractivity contribution in [2.45, 2.75) is 17.9 Å². The van der Waals surface area contributed by atoms with E-state index in [-0.39, 0.29) is 29.7 Å². The molecular formula is C19H23NO6S. The van der Waals surface area contributed by atoms with Crippen LogP contribution in [0.1, 0.15) is 28.9 Å². The summed E-state index contributed by atoms with van der Waals surface area (Å²) in [6.07, 6.45) is -0.0784. The van der Waals surface area contributed by atoms with Crippen molar-refractivity contribution in [1.29, 1.82) is 0 Å². The van der Waals surface area contributed by atoms with Crippen LogP contribution in [0.2, 0.25) is 0 Å². The standard InChI is InChI=1S/C19H23NO6S/c1-13(26-3)14-4-6-15(7-5-14)16-10-17(19(21)22)12-18(11-16)27(23,24)20-8-9-25-2/h4-7,10-13,20H,8-9H2,1-3H3,(H,21,22)/t13-/m1/s1. The predicted octanol–water partition coefficient (Wildman–Crippen LogP) is 2.68. The number of benzene rings is 2. The van der Waals surface area contributed by atoms with Crippen LogP contribution in [0.4, 0.5) is 0 Å². The van der Waals surface area contributed by atoms with E-state index in [2.05, 4.69) is 4.72 Å². The molecule has 0 saturated heterocycles. The maximum atomic E-state index is 12.5. The zero-order valence-corrected chi connectivity index (χ0v) is 16.2. The number of ether oxygens (including phenoxy) is 2. The Kier molecular flexibility index (Phi) is 7.09. The quantitative estimate of drug-likeness (QED) is 0.635. The lowest BCUT2D eigenvalue weighted by molar-refractivity contribution is 0.0696. The highest BCUT2D eigenvalue weighted by Crippen LogP contribution is 2.27. The molecule has 8 heteroatoms. The van der Waals surface area contributed by atoms with Crippen LogP contribution in [0, 0.1) is 0 Å². The van der Waals surface area contributed by atoms with Gasteiger partial charge in [-0.25, -0.2) is 17.9 Å². The van der Waals surface area contributed by atoms with Crippen LogP contribution in [0.15, 0.2) is 47.4 Å². The first-order valence-corrected chi connectivity index (χ1v) is 9.77. The Morgan fingerprint density at radius 2 is 1.78 bits per heavy atom. The Hall–Kier alpha value is -2.26. The zero-order valence-electron chi connectivity index (χ0n) is 15.4. The topological polar surface area (TPSA) is 102 Å². The minimum absolute atomic E-state index is 0.0784. The number of carboxylic acids is 1. The minimum Gasteiger partial charge on any atom is -0.478 e.